The van der Waals surface area contributed by atoms with Gasteiger partial charge in [0, 0.05) is 25.6 Å². The predicted octanol–water partition coefficient (Wildman–Crippen LogP) is 2.75. The second kappa shape index (κ2) is 7.04. The van der Waals surface area contributed by atoms with Crippen molar-refractivity contribution in [3.8, 4) is 5.75 Å². The molecule has 0 amide bonds. The molecule has 0 aliphatic heterocycles. The van der Waals surface area contributed by atoms with Crippen molar-refractivity contribution in [1.29, 1.82) is 0 Å². The Morgan fingerprint density at radius 3 is 2.85 bits per heavy atom. The van der Waals surface area contributed by atoms with Crippen molar-refractivity contribution in [2.45, 2.75) is 24.7 Å². The van der Waals surface area contributed by atoms with Crippen molar-refractivity contribution in [1.82, 2.24) is 0 Å². The van der Waals surface area contributed by atoms with E-state index in [1.54, 1.807) is 7.11 Å². The maximum Gasteiger partial charge on any atom is 0.145 e. The number of hydrogen-bond acceptors (Lipinski definition) is 4. The normalized spacial score (nSPS) is 25.4. The summed E-state index contributed by atoms with van der Waals surface area (Å²) < 4.78 is 30.3. The van der Waals surface area contributed by atoms with Gasteiger partial charge in [-0.25, -0.2) is 4.39 Å². The Bertz CT molecular complexity index is 477. The summed E-state index contributed by atoms with van der Waals surface area (Å²) in [7, 11) is 1.60. The van der Waals surface area contributed by atoms with Gasteiger partial charge in [-0.2, -0.15) is 0 Å². The highest BCUT2D eigenvalue weighted by Crippen LogP contribution is 2.34. The number of hydrogen-bond donors (Lipinski definition) is 1. The Hall–Kier alpha value is -0.400. The zero-order valence-electron chi connectivity index (χ0n) is 10.9. The van der Waals surface area contributed by atoms with E-state index in [1.165, 1.54) is 12.1 Å². The molecule has 0 heterocycles. The fraction of sp³-hybridized carbons (Fsp3) is 0.538. The first-order chi connectivity index (χ1) is 9.52. The highest BCUT2D eigenvalue weighted by molar-refractivity contribution is 9.10. The van der Waals surface area contributed by atoms with Crippen molar-refractivity contribution in [3.05, 3.63) is 27.4 Å². The Labute approximate surface area is 130 Å². The number of benzene rings is 1. The van der Waals surface area contributed by atoms with Crippen molar-refractivity contribution in [2.75, 3.05) is 20.3 Å². The van der Waals surface area contributed by atoms with Gasteiger partial charge in [0.2, 0.25) is 0 Å². The van der Waals surface area contributed by atoms with Crippen LogP contribution < -0.4 is 10.5 Å². The fourth-order valence-corrected chi connectivity index (χ4v) is 2.72. The largest absolute Gasteiger partial charge is 0.486 e. The molecular weight excluding hydrogens is 353 g/mol. The van der Waals surface area contributed by atoms with Crippen LogP contribution in [0, 0.1) is 5.82 Å². The molecule has 20 heavy (non-hydrogen) atoms. The summed E-state index contributed by atoms with van der Waals surface area (Å²) in [5, 5.41) is 0.0439. The number of methoxy groups -OCH3 is 1. The van der Waals surface area contributed by atoms with E-state index in [0.29, 0.717) is 29.9 Å². The maximum absolute atomic E-state index is 13.4. The predicted molar refractivity (Wildman–Crippen MR) is 77.7 cm³/mol. The zero-order valence-corrected chi connectivity index (χ0v) is 13.3. The number of rotatable bonds is 6. The molecule has 2 rings (SSSR count). The fourth-order valence-electron chi connectivity index (χ4n) is 1.99. The SMILES string of the molecule is COCCOC1C(N)CC1Oc1cc(F)c(Cl)cc1Br. The Balaban J connectivity index is 1.97. The molecule has 0 bridgehead atoms. The monoisotopic (exact) mass is 367 g/mol. The summed E-state index contributed by atoms with van der Waals surface area (Å²) in [6.45, 7) is 0.945. The van der Waals surface area contributed by atoms with Gasteiger partial charge in [-0.15, -0.1) is 0 Å². The quantitative estimate of drug-likeness (QED) is 0.620. The highest BCUT2D eigenvalue weighted by Gasteiger charge is 2.41. The van der Waals surface area contributed by atoms with Crippen LogP contribution in [0.2, 0.25) is 5.02 Å². The van der Waals surface area contributed by atoms with E-state index < -0.39 is 5.82 Å². The first-order valence-electron chi connectivity index (χ1n) is 6.20. The molecule has 1 aliphatic carbocycles. The molecule has 1 aromatic carbocycles. The molecule has 0 aromatic heterocycles. The number of ether oxygens (including phenoxy) is 3. The average Bonchev–Trinajstić information content (AvgIpc) is 2.40. The minimum Gasteiger partial charge on any atom is -0.486 e. The summed E-state index contributed by atoms with van der Waals surface area (Å²) in [4.78, 5) is 0. The number of halogens is 3. The molecule has 3 unspecified atom stereocenters. The van der Waals surface area contributed by atoms with Crippen LogP contribution in [-0.4, -0.2) is 38.6 Å². The van der Waals surface area contributed by atoms with Crippen molar-refractivity contribution in [3.63, 3.8) is 0 Å². The minimum absolute atomic E-state index is 0.0439. The molecule has 1 fully saturated rings. The van der Waals surface area contributed by atoms with Gasteiger partial charge >= 0.3 is 0 Å². The number of nitrogens with two attached hydrogens (primary N) is 1. The minimum atomic E-state index is -0.523. The van der Waals surface area contributed by atoms with Gasteiger partial charge in [-0.1, -0.05) is 11.6 Å². The standard InChI is InChI=1S/C13H16BrClFNO3/c1-18-2-3-19-13-10(17)6-12(13)20-11-5-9(16)8(15)4-7(11)14/h4-5,10,12-13H,2-3,6,17H2,1H3. The lowest BCUT2D eigenvalue weighted by Crippen LogP contribution is -2.59. The van der Waals surface area contributed by atoms with E-state index in [1.807, 2.05) is 0 Å². The average molecular weight is 369 g/mol. The topological polar surface area (TPSA) is 53.7 Å². The maximum atomic E-state index is 13.4. The first kappa shape index (κ1) is 16.0. The van der Waals surface area contributed by atoms with Gasteiger partial charge in [-0.05, 0) is 22.0 Å². The van der Waals surface area contributed by atoms with E-state index >= 15 is 0 Å². The summed E-state index contributed by atoms with van der Waals surface area (Å²) in [5.41, 5.74) is 5.89. The van der Waals surface area contributed by atoms with E-state index in [-0.39, 0.29) is 23.3 Å². The van der Waals surface area contributed by atoms with Gasteiger partial charge in [-0.3, -0.25) is 0 Å². The van der Waals surface area contributed by atoms with E-state index in [9.17, 15) is 4.39 Å². The van der Waals surface area contributed by atoms with Crippen LogP contribution in [-0.2, 0) is 9.47 Å². The molecule has 4 nitrogen and oxygen atoms in total. The van der Waals surface area contributed by atoms with E-state index in [4.69, 9.17) is 31.5 Å². The van der Waals surface area contributed by atoms with Crippen molar-refractivity contribution < 1.29 is 18.6 Å². The molecule has 0 saturated heterocycles. The second-order valence-electron chi connectivity index (χ2n) is 4.58. The van der Waals surface area contributed by atoms with Crippen LogP contribution in [0.3, 0.4) is 0 Å². The second-order valence-corrected chi connectivity index (χ2v) is 5.84. The Kier molecular flexibility index (Phi) is 5.63. The lowest BCUT2D eigenvalue weighted by Gasteiger charge is -2.41. The molecule has 1 aromatic rings. The van der Waals surface area contributed by atoms with Crippen LogP contribution in [0.4, 0.5) is 4.39 Å². The molecule has 0 spiro atoms. The van der Waals surface area contributed by atoms with Gasteiger partial charge in [0.15, 0.2) is 0 Å². The lowest BCUT2D eigenvalue weighted by atomic mass is 9.86. The molecular formula is C13H16BrClFNO3. The van der Waals surface area contributed by atoms with Crippen LogP contribution in [0.15, 0.2) is 16.6 Å². The van der Waals surface area contributed by atoms with E-state index in [2.05, 4.69) is 15.9 Å². The lowest BCUT2D eigenvalue weighted by molar-refractivity contribution is -0.107. The van der Waals surface area contributed by atoms with Crippen LogP contribution in [0.1, 0.15) is 6.42 Å². The highest BCUT2D eigenvalue weighted by atomic mass is 79.9. The molecule has 7 heteroatoms. The van der Waals surface area contributed by atoms with Crippen molar-refractivity contribution in [2.24, 2.45) is 5.73 Å². The van der Waals surface area contributed by atoms with Gasteiger partial charge in [0.1, 0.15) is 23.8 Å². The van der Waals surface area contributed by atoms with Crippen LogP contribution in [0.5, 0.6) is 5.75 Å². The molecule has 2 N–H and O–H groups in total. The first-order valence-corrected chi connectivity index (χ1v) is 7.37. The summed E-state index contributed by atoms with van der Waals surface area (Å²) >= 11 is 8.98. The van der Waals surface area contributed by atoms with Gasteiger partial charge < -0.3 is 19.9 Å². The smallest absolute Gasteiger partial charge is 0.145 e. The van der Waals surface area contributed by atoms with Crippen molar-refractivity contribution >= 4 is 27.5 Å². The van der Waals surface area contributed by atoms with Gasteiger partial charge in [0.25, 0.3) is 0 Å². The zero-order chi connectivity index (χ0) is 14.7. The Morgan fingerprint density at radius 2 is 2.20 bits per heavy atom. The molecule has 1 aliphatic rings. The molecule has 0 radical (unpaired) electrons. The summed E-state index contributed by atoms with van der Waals surface area (Å²) in [5.74, 6) is -0.130. The molecule has 1 saturated carbocycles. The van der Waals surface area contributed by atoms with E-state index in [0.717, 1.165) is 0 Å². The molecule has 3 atom stereocenters. The van der Waals surface area contributed by atoms with Crippen LogP contribution >= 0.6 is 27.5 Å². The summed E-state index contributed by atoms with van der Waals surface area (Å²) in [6.07, 6.45) is 0.253. The Morgan fingerprint density at radius 1 is 1.45 bits per heavy atom. The third-order valence-corrected chi connectivity index (χ3v) is 4.05. The third kappa shape index (κ3) is 3.62. The van der Waals surface area contributed by atoms with Crippen LogP contribution in [0.25, 0.3) is 0 Å². The molecule has 112 valence electrons. The van der Waals surface area contributed by atoms with Gasteiger partial charge in [0.05, 0.1) is 22.7 Å². The summed E-state index contributed by atoms with van der Waals surface area (Å²) in [6, 6.07) is 2.64. The third-order valence-electron chi connectivity index (χ3n) is 3.14.